The first-order valence-electron chi connectivity index (χ1n) is 5.87. The third kappa shape index (κ3) is 2.34. The molecule has 19 heavy (non-hydrogen) atoms. The molecule has 6 heteroatoms. The highest BCUT2D eigenvalue weighted by atomic mass is 15.6. The lowest BCUT2D eigenvalue weighted by Crippen LogP contribution is -2.03. The van der Waals surface area contributed by atoms with Crippen molar-refractivity contribution < 1.29 is 0 Å². The van der Waals surface area contributed by atoms with Crippen molar-refractivity contribution in [3.05, 3.63) is 54.2 Å². The number of hydrogen-bond acceptors (Lipinski definition) is 5. The number of tetrazole rings is 1. The summed E-state index contributed by atoms with van der Waals surface area (Å²) in [5.74, 6) is 1.19. The maximum Gasteiger partial charge on any atom is 0.205 e. The molecule has 0 amide bonds. The van der Waals surface area contributed by atoms with Gasteiger partial charge in [0.15, 0.2) is 5.82 Å². The van der Waals surface area contributed by atoms with E-state index in [1.807, 2.05) is 42.5 Å². The standard InChI is InChI=1S/C13H12N6/c14-8-10-6-7-12(15-9-10)19-17-13(16-18-19)11-4-2-1-3-5-11/h1-7,9H,8,14H2. The average molecular weight is 252 g/mol. The fourth-order valence-corrected chi connectivity index (χ4v) is 1.67. The Hall–Kier alpha value is -2.60. The van der Waals surface area contributed by atoms with Crippen LogP contribution in [0.3, 0.4) is 0 Å². The van der Waals surface area contributed by atoms with Crippen molar-refractivity contribution in [1.82, 2.24) is 25.2 Å². The van der Waals surface area contributed by atoms with E-state index in [0.717, 1.165) is 11.1 Å². The highest BCUT2D eigenvalue weighted by Crippen LogP contribution is 2.13. The number of pyridine rings is 1. The van der Waals surface area contributed by atoms with Gasteiger partial charge in [0.25, 0.3) is 0 Å². The maximum absolute atomic E-state index is 5.53. The molecule has 0 aliphatic heterocycles. The van der Waals surface area contributed by atoms with E-state index in [0.29, 0.717) is 18.2 Å². The number of nitrogens with two attached hydrogens (primary N) is 1. The van der Waals surface area contributed by atoms with Crippen LogP contribution in [0.1, 0.15) is 5.56 Å². The van der Waals surface area contributed by atoms with Crippen LogP contribution in [0.15, 0.2) is 48.7 Å². The third-order valence-corrected chi connectivity index (χ3v) is 2.70. The molecule has 0 radical (unpaired) electrons. The fraction of sp³-hybridized carbons (Fsp3) is 0.0769. The topological polar surface area (TPSA) is 82.5 Å². The van der Waals surface area contributed by atoms with Gasteiger partial charge in [0.05, 0.1) is 0 Å². The minimum atomic E-state index is 0.466. The van der Waals surface area contributed by atoms with Gasteiger partial charge in [-0.25, -0.2) is 4.98 Å². The second-order valence-corrected chi connectivity index (χ2v) is 4.00. The number of rotatable bonds is 3. The van der Waals surface area contributed by atoms with Crippen LogP contribution < -0.4 is 5.73 Å². The predicted octanol–water partition coefficient (Wildman–Crippen LogP) is 1.18. The van der Waals surface area contributed by atoms with Crippen LogP contribution >= 0.6 is 0 Å². The van der Waals surface area contributed by atoms with Gasteiger partial charge in [0.1, 0.15) is 0 Å². The monoisotopic (exact) mass is 252 g/mol. The van der Waals surface area contributed by atoms with E-state index >= 15 is 0 Å². The molecule has 3 aromatic rings. The van der Waals surface area contributed by atoms with Crippen LogP contribution in [0.25, 0.3) is 17.2 Å². The molecule has 1 aromatic carbocycles. The summed E-state index contributed by atoms with van der Waals surface area (Å²) in [6, 6.07) is 13.4. The van der Waals surface area contributed by atoms with E-state index in [-0.39, 0.29) is 0 Å². The van der Waals surface area contributed by atoms with E-state index in [9.17, 15) is 0 Å². The first-order chi connectivity index (χ1) is 9.36. The van der Waals surface area contributed by atoms with E-state index < -0.39 is 0 Å². The van der Waals surface area contributed by atoms with Crippen LogP contribution in [0.2, 0.25) is 0 Å². The molecule has 0 aliphatic rings. The van der Waals surface area contributed by atoms with Crippen LogP contribution in [-0.2, 0) is 6.54 Å². The Morgan fingerprint density at radius 3 is 2.58 bits per heavy atom. The molecule has 3 rings (SSSR count). The number of hydrogen-bond donors (Lipinski definition) is 1. The Kier molecular flexibility index (Phi) is 2.99. The summed E-state index contributed by atoms with van der Waals surface area (Å²) < 4.78 is 0. The summed E-state index contributed by atoms with van der Waals surface area (Å²) in [6.07, 6.45) is 1.71. The minimum Gasteiger partial charge on any atom is -0.326 e. The van der Waals surface area contributed by atoms with Gasteiger partial charge in [0, 0.05) is 18.3 Å². The average Bonchev–Trinajstić information content (AvgIpc) is 2.98. The van der Waals surface area contributed by atoms with E-state index in [1.54, 1.807) is 6.20 Å². The molecule has 0 saturated heterocycles. The molecule has 0 atom stereocenters. The second kappa shape index (κ2) is 4.95. The summed E-state index contributed by atoms with van der Waals surface area (Å²) in [5, 5.41) is 12.3. The van der Waals surface area contributed by atoms with E-state index in [1.165, 1.54) is 4.80 Å². The summed E-state index contributed by atoms with van der Waals surface area (Å²) in [7, 11) is 0. The zero-order valence-electron chi connectivity index (χ0n) is 10.1. The molecular formula is C13H12N6. The summed E-state index contributed by atoms with van der Waals surface area (Å²) in [5.41, 5.74) is 7.42. The Morgan fingerprint density at radius 2 is 1.89 bits per heavy atom. The molecule has 0 bridgehead atoms. The van der Waals surface area contributed by atoms with Gasteiger partial charge >= 0.3 is 0 Å². The maximum atomic E-state index is 5.53. The van der Waals surface area contributed by atoms with Gasteiger partial charge in [0.2, 0.25) is 5.82 Å². The lowest BCUT2D eigenvalue weighted by Gasteiger charge is -1.98. The Labute approximate surface area is 109 Å². The highest BCUT2D eigenvalue weighted by molar-refractivity contribution is 5.53. The third-order valence-electron chi connectivity index (χ3n) is 2.70. The molecule has 2 N–H and O–H groups in total. The number of nitrogens with zero attached hydrogens (tertiary/aromatic N) is 5. The number of aromatic nitrogens is 5. The first kappa shape index (κ1) is 11.5. The van der Waals surface area contributed by atoms with Crippen LogP contribution in [0, 0.1) is 0 Å². The van der Waals surface area contributed by atoms with Crippen LogP contribution in [0.4, 0.5) is 0 Å². The lowest BCUT2D eigenvalue weighted by molar-refractivity contribution is 0.699. The van der Waals surface area contributed by atoms with Gasteiger partial charge in [-0.15, -0.1) is 15.0 Å². The van der Waals surface area contributed by atoms with Crippen LogP contribution in [0.5, 0.6) is 0 Å². The molecule has 2 aromatic heterocycles. The highest BCUT2D eigenvalue weighted by Gasteiger charge is 2.07. The van der Waals surface area contributed by atoms with Crippen molar-refractivity contribution in [2.75, 3.05) is 0 Å². The molecule has 0 unspecified atom stereocenters. The quantitative estimate of drug-likeness (QED) is 0.757. The SMILES string of the molecule is NCc1ccc(-n2nnc(-c3ccccc3)n2)nc1. The molecular weight excluding hydrogens is 240 g/mol. The van der Waals surface area contributed by atoms with Gasteiger partial charge in [-0.05, 0) is 16.8 Å². The Bertz CT molecular complexity index is 659. The van der Waals surface area contributed by atoms with Gasteiger partial charge in [-0.2, -0.15) is 0 Å². The van der Waals surface area contributed by atoms with Crippen molar-refractivity contribution in [2.45, 2.75) is 6.54 Å². The summed E-state index contributed by atoms with van der Waals surface area (Å²) in [4.78, 5) is 5.65. The first-order valence-corrected chi connectivity index (χ1v) is 5.87. The van der Waals surface area contributed by atoms with Crippen molar-refractivity contribution in [3.63, 3.8) is 0 Å². The van der Waals surface area contributed by atoms with Gasteiger partial charge in [-0.3, -0.25) is 0 Å². The normalized spacial score (nSPS) is 10.6. The fourth-order valence-electron chi connectivity index (χ4n) is 1.67. The molecule has 2 heterocycles. The molecule has 0 saturated carbocycles. The van der Waals surface area contributed by atoms with E-state index in [4.69, 9.17) is 5.73 Å². The van der Waals surface area contributed by atoms with Gasteiger partial charge in [-0.1, -0.05) is 36.4 Å². The Balaban J connectivity index is 1.92. The van der Waals surface area contributed by atoms with Crippen molar-refractivity contribution in [3.8, 4) is 17.2 Å². The largest absolute Gasteiger partial charge is 0.326 e. The molecule has 0 spiro atoms. The zero-order chi connectivity index (χ0) is 13.1. The van der Waals surface area contributed by atoms with Crippen molar-refractivity contribution >= 4 is 0 Å². The second-order valence-electron chi connectivity index (χ2n) is 4.00. The predicted molar refractivity (Wildman–Crippen MR) is 70.3 cm³/mol. The van der Waals surface area contributed by atoms with Crippen LogP contribution in [-0.4, -0.2) is 25.2 Å². The smallest absolute Gasteiger partial charge is 0.205 e. The van der Waals surface area contributed by atoms with Gasteiger partial charge < -0.3 is 5.73 Å². The summed E-state index contributed by atoms with van der Waals surface area (Å²) in [6.45, 7) is 0.466. The lowest BCUT2D eigenvalue weighted by atomic mass is 10.2. The van der Waals surface area contributed by atoms with E-state index in [2.05, 4.69) is 20.4 Å². The Morgan fingerprint density at radius 1 is 1.05 bits per heavy atom. The summed E-state index contributed by atoms with van der Waals surface area (Å²) >= 11 is 0. The van der Waals surface area contributed by atoms with Crippen molar-refractivity contribution in [2.24, 2.45) is 5.73 Å². The number of benzene rings is 1. The zero-order valence-corrected chi connectivity index (χ0v) is 10.1. The molecule has 6 nitrogen and oxygen atoms in total. The molecule has 94 valence electrons. The molecule has 0 aliphatic carbocycles. The van der Waals surface area contributed by atoms with Crippen molar-refractivity contribution in [1.29, 1.82) is 0 Å². The minimum absolute atomic E-state index is 0.466. The molecule has 0 fully saturated rings.